The average Bonchev–Trinajstić information content (AvgIpc) is 3.11. The van der Waals surface area contributed by atoms with Crippen molar-refractivity contribution in [1.29, 1.82) is 0 Å². The van der Waals surface area contributed by atoms with E-state index in [9.17, 15) is 9.59 Å². The van der Waals surface area contributed by atoms with Crippen molar-refractivity contribution in [3.63, 3.8) is 0 Å². The van der Waals surface area contributed by atoms with Crippen molar-refractivity contribution in [3.05, 3.63) is 59.5 Å². The van der Waals surface area contributed by atoms with Crippen molar-refractivity contribution in [1.82, 2.24) is 15.1 Å². The number of rotatable bonds is 5. The molecule has 1 aromatic heterocycles. The fourth-order valence-electron chi connectivity index (χ4n) is 3.13. The Morgan fingerprint density at radius 1 is 1.04 bits per heavy atom. The summed E-state index contributed by atoms with van der Waals surface area (Å²) in [5, 5.41) is 2.97. The number of hydrogen-bond donors (Lipinski definition) is 1. The number of urea groups is 1. The van der Waals surface area contributed by atoms with Crippen molar-refractivity contribution in [2.24, 2.45) is 0 Å². The smallest absolute Gasteiger partial charge is 0.317 e. The van der Waals surface area contributed by atoms with Gasteiger partial charge in [0.25, 0.3) is 5.91 Å². The molecule has 2 aromatic rings. The minimum Gasteiger partial charge on any atom is -0.469 e. The van der Waals surface area contributed by atoms with Gasteiger partial charge in [0, 0.05) is 32.7 Å². The first-order valence-corrected chi connectivity index (χ1v) is 9.05. The van der Waals surface area contributed by atoms with E-state index in [-0.39, 0.29) is 11.9 Å². The zero-order valence-electron chi connectivity index (χ0n) is 15.1. The summed E-state index contributed by atoms with van der Waals surface area (Å²) in [5.74, 6) is 0.604. The lowest BCUT2D eigenvalue weighted by molar-refractivity contribution is 0.0663. The molecule has 0 atom stereocenters. The molecule has 1 aliphatic heterocycles. The van der Waals surface area contributed by atoms with Gasteiger partial charge < -0.3 is 19.5 Å². The standard InChI is InChI=1S/C20H25N3O3/c1-16-18(9-15-26-16)19(24)22-11-13-23(14-12-22)20(25)21-10-5-8-17-6-3-2-4-7-17/h2-4,6-7,9,15H,5,8,10-14H2,1H3,(H,21,25). The Hall–Kier alpha value is -2.76. The highest BCUT2D eigenvalue weighted by Gasteiger charge is 2.26. The van der Waals surface area contributed by atoms with Gasteiger partial charge in [0.1, 0.15) is 5.76 Å². The van der Waals surface area contributed by atoms with Gasteiger partial charge in [0.15, 0.2) is 0 Å². The van der Waals surface area contributed by atoms with Crippen LogP contribution in [0.4, 0.5) is 4.79 Å². The summed E-state index contributed by atoms with van der Waals surface area (Å²) >= 11 is 0. The minimum atomic E-state index is -0.0512. The molecule has 6 heteroatoms. The summed E-state index contributed by atoms with van der Waals surface area (Å²) in [5.41, 5.74) is 1.88. The van der Waals surface area contributed by atoms with Crippen LogP contribution in [-0.2, 0) is 6.42 Å². The molecular formula is C20H25N3O3. The Morgan fingerprint density at radius 2 is 1.73 bits per heavy atom. The summed E-state index contributed by atoms with van der Waals surface area (Å²) in [6.45, 7) is 4.62. The van der Waals surface area contributed by atoms with Gasteiger partial charge in [0.2, 0.25) is 0 Å². The molecule has 2 heterocycles. The number of piperazine rings is 1. The first-order valence-electron chi connectivity index (χ1n) is 9.05. The lowest BCUT2D eigenvalue weighted by Crippen LogP contribution is -2.53. The molecule has 1 aliphatic rings. The van der Waals surface area contributed by atoms with Crippen molar-refractivity contribution < 1.29 is 14.0 Å². The molecule has 138 valence electrons. The molecule has 0 aliphatic carbocycles. The van der Waals surface area contributed by atoms with Gasteiger partial charge in [-0.05, 0) is 31.4 Å². The van der Waals surface area contributed by atoms with E-state index in [0.717, 1.165) is 12.8 Å². The maximum atomic E-state index is 12.5. The normalized spacial score (nSPS) is 14.3. The summed E-state index contributed by atoms with van der Waals surface area (Å²) in [4.78, 5) is 28.3. The van der Waals surface area contributed by atoms with Crippen molar-refractivity contribution >= 4 is 11.9 Å². The molecule has 3 rings (SSSR count). The highest BCUT2D eigenvalue weighted by molar-refractivity contribution is 5.95. The van der Waals surface area contributed by atoms with Crippen LogP contribution in [0.1, 0.15) is 28.1 Å². The number of aryl methyl sites for hydroxylation is 2. The summed E-state index contributed by atoms with van der Waals surface area (Å²) < 4.78 is 5.20. The lowest BCUT2D eigenvalue weighted by atomic mass is 10.1. The molecule has 0 unspecified atom stereocenters. The molecule has 1 N–H and O–H groups in total. The first-order chi connectivity index (χ1) is 12.6. The van der Waals surface area contributed by atoms with Crippen LogP contribution in [0.25, 0.3) is 0 Å². The molecular weight excluding hydrogens is 330 g/mol. The largest absolute Gasteiger partial charge is 0.469 e. The van der Waals surface area contributed by atoms with Crippen molar-refractivity contribution in [2.75, 3.05) is 32.7 Å². The quantitative estimate of drug-likeness (QED) is 0.839. The highest BCUT2D eigenvalue weighted by atomic mass is 16.3. The predicted octanol–water partition coefficient (Wildman–Crippen LogP) is 2.69. The van der Waals surface area contributed by atoms with Gasteiger partial charge in [-0.2, -0.15) is 0 Å². The molecule has 3 amide bonds. The summed E-state index contributed by atoms with van der Waals surface area (Å²) in [6.07, 6.45) is 3.39. The lowest BCUT2D eigenvalue weighted by Gasteiger charge is -2.34. The number of furan rings is 1. The maximum absolute atomic E-state index is 12.5. The summed E-state index contributed by atoms with van der Waals surface area (Å²) in [6, 6.07) is 11.9. The SMILES string of the molecule is Cc1occc1C(=O)N1CCN(C(=O)NCCCc2ccccc2)CC1. The number of amides is 3. The van der Waals surface area contributed by atoms with Crippen LogP contribution in [0.5, 0.6) is 0 Å². The number of carbonyl (C=O) groups excluding carboxylic acids is 2. The van der Waals surface area contributed by atoms with E-state index < -0.39 is 0 Å². The zero-order valence-corrected chi connectivity index (χ0v) is 15.1. The van der Waals surface area contributed by atoms with Gasteiger partial charge in [-0.15, -0.1) is 0 Å². The van der Waals surface area contributed by atoms with E-state index in [1.54, 1.807) is 22.8 Å². The van der Waals surface area contributed by atoms with Crippen LogP contribution in [0.3, 0.4) is 0 Å². The molecule has 6 nitrogen and oxygen atoms in total. The fraction of sp³-hybridized carbons (Fsp3) is 0.400. The monoisotopic (exact) mass is 355 g/mol. The summed E-state index contributed by atoms with van der Waals surface area (Å²) in [7, 11) is 0. The van der Waals surface area contributed by atoms with E-state index in [0.29, 0.717) is 44.0 Å². The number of hydrogen-bond acceptors (Lipinski definition) is 3. The maximum Gasteiger partial charge on any atom is 0.317 e. The highest BCUT2D eigenvalue weighted by Crippen LogP contribution is 2.14. The minimum absolute atomic E-state index is 0.0285. The second-order valence-corrected chi connectivity index (χ2v) is 6.49. The van der Waals surface area contributed by atoms with Gasteiger partial charge in [-0.3, -0.25) is 4.79 Å². The Kier molecular flexibility index (Phi) is 5.94. The van der Waals surface area contributed by atoms with E-state index in [1.807, 2.05) is 18.2 Å². The number of nitrogens with zero attached hydrogens (tertiary/aromatic N) is 2. The van der Waals surface area contributed by atoms with Crippen LogP contribution in [0.15, 0.2) is 47.1 Å². The molecule has 0 spiro atoms. The van der Waals surface area contributed by atoms with Crippen LogP contribution >= 0.6 is 0 Å². The van der Waals surface area contributed by atoms with Crippen LogP contribution in [-0.4, -0.2) is 54.5 Å². The number of carbonyl (C=O) groups is 2. The van der Waals surface area contributed by atoms with Crippen molar-refractivity contribution in [2.45, 2.75) is 19.8 Å². The van der Waals surface area contributed by atoms with Crippen LogP contribution in [0.2, 0.25) is 0 Å². The average molecular weight is 355 g/mol. The van der Waals surface area contributed by atoms with Gasteiger partial charge in [0.05, 0.1) is 11.8 Å². The Bertz CT molecular complexity index is 734. The van der Waals surface area contributed by atoms with Crippen LogP contribution in [0, 0.1) is 6.92 Å². The third-order valence-corrected chi connectivity index (χ3v) is 4.70. The third-order valence-electron chi connectivity index (χ3n) is 4.70. The fourth-order valence-corrected chi connectivity index (χ4v) is 3.13. The van der Waals surface area contributed by atoms with Crippen LogP contribution < -0.4 is 5.32 Å². The Balaban J connectivity index is 1.38. The Labute approximate surface area is 153 Å². The van der Waals surface area contributed by atoms with E-state index in [4.69, 9.17) is 4.42 Å². The first kappa shape index (κ1) is 18.0. The second-order valence-electron chi connectivity index (χ2n) is 6.49. The van der Waals surface area contributed by atoms with E-state index in [1.165, 1.54) is 11.8 Å². The molecule has 1 fully saturated rings. The van der Waals surface area contributed by atoms with Crippen molar-refractivity contribution in [3.8, 4) is 0 Å². The molecule has 0 saturated carbocycles. The predicted molar refractivity (Wildman–Crippen MR) is 99.1 cm³/mol. The molecule has 26 heavy (non-hydrogen) atoms. The van der Waals surface area contributed by atoms with Gasteiger partial charge in [-0.1, -0.05) is 30.3 Å². The van der Waals surface area contributed by atoms with E-state index in [2.05, 4.69) is 17.4 Å². The topological polar surface area (TPSA) is 65.8 Å². The molecule has 1 saturated heterocycles. The second kappa shape index (κ2) is 8.56. The Morgan fingerprint density at radius 3 is 2.38 bits per heavy atom. The molecule has 0 bridgehead atoms. The van der Waals surface area contributed by atoms with E-state index >= 15 is 0 Å². The molecule has 0 radical (unpaired) electrons. The zero-order chi connectivity index (χ0) is 18.4. The van der Waals surface area contributed by atoms with Gasteiger partial charge in [-0.25, -0.2) is 4.79 Å². The number of benzene rings is 1. The third kappa shape index (κ3) is 4.45. The van der Waals surface area contributed by atoms with Gasteiger partial charge >= 0.3 is 6.03 Å². The molecule has 1 aromatic carbocycles. The number of nitrogens with one attached hydrogen (secondary N) is 1.